The highest BCUT2D eigenvalue weighted by atomic mass is 32.2. The first-order valence-corrected chi connectivity index (χ1v) is 6.93. The van der Waals surface area contributed by atoms with Gasteiger partial charge < -0.3 is 9.52 Å². The fourth-order valence-electron chi connectivity index (χ4n) is 1.17. The first kappa shape index (κ1) is 13.7. The van der Waals surface area contributed by atoms with Gasteiger partial charge in [0.25, 0.3) is 0 Å². The molecule has 0 amide bonds. The van der Waals surface area contributed by atoms with Crippen LogP contribution in [-0.2, 0) is 21.0 Å². The van der Waals surface area contributed by atoms with Crippen molar-refractivity contribution < 1.29 is 22.7 Å². The van der Waals surface area contributed by atoms with Crippen molar-refractivity contribution in [1.29, 1.82) is 0 Å². The molecule has 0 atom stereocenters. The van der Waals surface area contributed by atoms with E-state index in [2.05, 4.69) is 4.98 Å². The number of aryl methyl sites for hydroxylation is 1. The molecule has 1 aromatic heterocycles. The van der Waals surface area contributed by atoms with Crippen LogP contribution in [0.3, 0.4) is 0 Å². The average Bonchev–Trinajstić information content (AvgIpc) is 2.59. The molecule has 0 spiro atoms. The topological polar surface area (TPSA) is 97.5 Å². The van der Waals surface area contributed by atoms with E-state index >= 15 is 0 Å². The van der Waals surface area contributed by atoms with Gasteiger partial charge in [-0.1, -0.05) is 6.92 Å². The Kier molecular flexibility index (Phi) is 3.33. The summed E-state index contributed by atoms with van der Waals surface area (Å²) in [6, 6.07) is 0. The van der Waals surface area contributed by atoms with Gasteiger partial charge in [-0.25, -0.2) is 18.2 Å². The molecule has 0 fully saturated rings. The number of hydrogen-bond donors (Lipinski definition) is 1. The number of nitrogens with zero attached hydrogens (tertiary/aromatic N) is 1. The molecule has 1 aromatic rings. The molecule has 0 bridgehead atoms. The molecule has 1 N–H and O–H groups in total. The lowest BCUT2D eigenvalue weighted by Crippen LogP contribution is -2.28. The molecular weight excluding hydrogens is 246 g/mol. The molecule has 1 heterocycles. The highest BCUT2D eigenvalue weighted by Crippen LogP contribution is 2.29. The van der Waals surface area contributed by atoms with Gasteiger partial charge in [0.05, 0.1) is 5.69 Å². The monoisotopic (exact) mass is 261 g/mol. The third-order valence-corrected chi connectivity index (χ3v) is 4.70. The number of aromatic carboxylic acids is 1. The molecule has 0 saturated carbocycles. The average molecular weight is 261 g/mol. The Morgan fingerprint density at radius 1 is 1.47 bits per heavy atom. The molecule has 0 unspecified atom stereocenters. The Bertz CT molecular complexity index is 541. The smallest absolute Gasteiger partial charge is 0.373 e. The third kappa shape index (κ3) is 2.33. The van der Waals surface area contributed by atoms with E-state index in [1.807, 2.05) is 0 Å². The minimum atomic E-state index is -3.44. The maximum absolute atomic E-state index is 11.6. The van der Waals surface area contributed by atoms with Crippen LogP contribution < -0.4 is 0 Å². The minimum Gasteiger partial charge on any atom is -0.475 e. The maximum Gasteiger partial charge on any atom is 0.373 e. The van der Waals surface area contributed by atoms with Gasteiger partial charge >= 0.3 is 5.97 Å². The highest BCUT2D eigenvalue weighted by Gasteiger charge is 2.38. The van der Waals surface area contributed by atoms with E-state index < -0.39 is 20.6 Å². The Labute approximate surface area is 99.6 Å². The number of carboxylic acid groups (broad SMARTS) is 1. The van der Waals surface area contributed by atoms with Gasteiger partial charge in [-0.2, -0.15) is 0 Å². The second-order valence-corrected chi connectivity index (χ2v) is 6.80. The van der Waals surface area contributed by atoms with E-state index in [9.17, 15) is 13.2 Å². The lowest BCUT2D eigenvalue weighted by atomic mass is 10.2. The zero-order valence-corrected chi connectivity index (χ0v) is 11.0. The summed E-state index contributed by atoms with van der Waals surface area (Å²) in [6.45, 7) is 4.58. The second-order valence-electron chi connectivity index (χ2n) is 4.24. The van der Waals surface area contributed by atoms with Crippen molar-refractivity contribution in [3.8, 4) is 0 Å². The number of sulfone groups is 1. The Hall–Kier alpha value is -1.37. The standard InChI is InChI=1S/C10H15NO5S/c1-5-6-7(8(12)13)16-9(11-6)10(2,3)17(4,14)15/h5H2,1-4H3,(H,12,13). The van der Waals surface area contributed by atoms with Gasteiger partial charge in [0.15, 0.2) is 9.84 Å². The van der Waals surface area contributed by atoms with Gasteiger partial charge in [0, 0.05) is 6.26 Å². The minimum absolute atomic E-state index is 0.0887. The van der Waals surface area contributed by atoms with E-state index in [0.717, 1.165) is 6.26 Å². The van der Waals surface area contributed by atoms with Crippen LogP contribution in [0, 0.1) is 0 Å². The predicted molar refractivity (Wildman–Crippen MR) is 60.7 cm³/mol. The van der Waals surface area contributed by atoms with Gasteiger partial charge in [0.2, 0.25) is 11.7 Å². The molecule has 1 rings (SSSR count). The molecule has 96 valence electrons. The second kappa shape index (κ2) is 4.14. The number of oxazole rings is 1. The number of rotatable bonds is 4. The molecule has 0 aliphatic heterocycles. The normalized spacial score (nSPS) is 12.7. The summed E-state index contributed by atoms with van der Waals surface area (Å²) in [5.74, 6) is -1.63. The Balaban J connectivity index is 3.40. The summed E-state index contributed by atoms with van der Waals surface area (Å²) in [5.41, 5.74) is 0.254. The molecule has 0 saturated heterocycles. The summed E-state index contributed by atoms with van der Waals surface area (Å²) >= 11 is 0. The summed E-state index contributed by atoms with van der Waals surface area (Å²) in [4.78, 5) is 14.8. The van der Waals surface area contributed by atoms with Crippen LogP contribution in [0.5, 0.6) is 0 Å². The van der Waals surface area contributed by atoms with Gasteiger partial charge in [-0.3, -0.25) is 0 Å². The zero-order chi connectivity index (χ0) is 13.4. The van der Waals surface area contributed by atoms with E-state index in [0.29, 0.717) is 6.42 Å². The van der Waals surface area contributed by atoms with Crippen molar-refractivity contribution >= 4 is 15.8 Å². The lowest BCUT2D eigenvalue weighted by Gasteiger charge is -2.17. The molecule has 17 heavy (non-hydrogen) atoms. The Morgan fingerprint density at radius 2 is 2.00 bits per heavy atom. The van der Waals surface area contributed by atoms with Crippen LogP contribution in [0.2, 0.25) is 0 Å². The first-order chi connectivity index (χ1) is 7.61. The van der Waals surface area contributed by atoms with Gasteiger partial charge in [-0.15, -0.1) is 0 Å². The number of aromatic nitrogens is 1. The van der Waals surface area contributed by atoms with Crippen LogP contribution in [0.25, 0.3) is 0 Å². The molecular formula is C10H15NO5S. The number of hydrogen-bond acceptors (Lipinski definition) is 5. The van der Waals surface area contributed by atoms with Crippen molar-refractivity contribution in [3.05, 3.63) is 17.3 Å². The van der Waals surface area contributed by atoms with Crippen molar-refractivity contribution in [2.24, 2.45) is 0 Å². The third-order valence-electron chi connectivity index (χ3n) is 2.67. The SMILES string of the molecule is CCc1nc(C(C)(C)S(C)(=O)=O)oc1C(=O)O. The van der Waals surface area contributed by atoms with E-state index in [-0.39, 0.29) is 17.3 Å². The lowest BCUT2D eigenvalue weighted by molar-refractivity contribution is 0.0658. The van der Waals surface area contributed by atoms with Crippen LogP contribution in [0.4, 0.5) is 0 Å². The first-order valence-electron chi connectivity index (χ1n) is 5.04. The molecule has 6 nitrogen and oxygen atoms in total. The van der Waals surface area contributed by atoms with Crippen molar-refractivity contribution in [2.75, 3.05) is 6.26 Å². The van der Waals surface area contributed by atoms with Crippen LogP contribution in [0.15, 0.2) is 4.42 Å². The van der Waals surface area contributed by atoms with E-state index in [1.165, 1.54) is 13.8 Å². The maximum atomic E-state index is 11.6. The molecule has 0 radical (unpaired) electrons. The molecule has 0 aliphatic rings. The fraction of sp³-hybridized carbons (Fsp3) is 0.600. The van der Waals surface area contributed by atoms with Gasteiger partial charge in [0.1, 0.15) is 4.75 Å². The van der Waals surface area contributed by atoms with Crippen molar-refractivity contribution in [1.82, 2.24) is 4.98 Å². The fourth-order valence-corrected chi connectivity index (χ4v) is 1.58. The number of carboxylic acids is 1. The van der Waals surface area contributed by atoms with E-state index in [1.54, 1.807) is 6.92 Å². The Morgan fingerprint density at radius 3 is 2.29 bits per heavy atom. The van der Waals surface area contributed by atoms with Crippen LogP contribution in [-0.4, -0.2) is 30.7 Å². The van der Waals surface area contributed by atoms with Crippen LogP contribution >= 0.6 is 0 Å². The summed E-state index contributed by atoms with van der Waals surface area (Å²) in [7, 11) is -3.44. The molecule has 0 aliphatic carbocycles. The zero-order valence-electron chi connectivity index (χ0n) is 10.1. The molecule has 0 aromatic carbocycles. The summed E-state index contributed by atoms with van der Waals surface area (Å²) in [5, 5.41) is 8.90. The van der Waals surface area contributed by atoms with E-state index in [4.69, 9.17) is 9.52 Å². The van der Waals surface area contributed by atoms with Crippen molar-refractivity contribution in [2.45, 2.75) is 31.9 Å². The molecule has 7 heteroatoms. The summed E-state index contributed by atoms with van der Waals surface area (Å²) in [6.07, 6.45) is 1.42. The highest BCUT2D eigenvalue weighted by molar-refractivity contribution is 7.91. The predicted octanol–water partition coefficient (Wildman–Crippen LogP) is 1.21. The number of carbonyl (C=O) groups is 1. The van der Waals surface area contributed by atoms with Crippen molar-refractivity contribution in [3.63, 3.8) is 0 Å². The van der Waals surface area contributed by atoms with Crippen LogP contribution in [0.1, 0.15) is 42.9 Å². The largest absolute Gasteiger partial charge is 0.475 e. The quantitative estimate of drug-likeness (QED) is 0.875. The van der Waals surface area contributed by atoms with Gasteiger partial charge in [-0.05, 0) is 20.3 Å². The summed E-state index contributed by atoms with van der Waals surface area (Å²) < 4.78 is 26.9.